The minimum Gasteiger partial charge on any atom is -0.309 e. The molecule has 0 amide bonds. The Morgan fingerprint density at radius 3 is 2.40 bits per heavy atom. The van der Waals surface area contributed by atoms with E-state index in [1.807, 2.05) is 0 Å². The second-order valence-electron chi connectivity index (χ2n) is 3.04. The first-order valence-corrected chi connectivity index (χ1v) is 3.93. The molecule has 0 aromatic heterocycles. The van der Waals surface area contributed by atoms with Gasteiger partial charge in [0, 0.05) is 0 Å². The summed E-state index contributed by atoms with van der Waals surface area (Å²) in [5.41, 5.74) is 1.50. The van der Waals surface area contributed by atoms with Gasteiger partial charge in [-0.2, -0.15) is 0 Å². The van der Waals surface area contributed by atoms with E-state index in [1.165, 1.54) is 25.0 Å². The van der Waals surface area contributed by atoms with Gasteiger partial charge in [-0.15, -0.1) is 0 Å². The third-order valence-corrected chi connectivity index (χ3v) is 1.67. The van der Waals surface area contributed by atoms with Gasteiger partial charge >= 0.3 is 0 Å². The van der Waals surface area contributed by atoms with Crippen molar-refractivity contribution in [3.8, 4) is 0 Å². The molecule has 0 bridgehead atoms. The quantitative estimate of drug-likeness (QED) is 0.543. The average Bonchev–Trinajstić information content (AvgIpc) is 1.87. The normalized spacial score (nSPS) is 12.7. The molecule has 0 aliphatic rings. The van der Waals surface area contributed by atoms with E-state index in [0.29, 0.717) is 0 Å². The van der Waals surface area contributed by atoms with Gasteiger partial charge < -0.3 is 4.90 Å². The van der Waals surface area contributed by atoms with Crippen LogP contribution in [0.4, 0.5) is 0 Å². The van der Waals surface area contributed by atoms with Gasteiger partial charge in [-0.25, -0.2) is 0 Å². The van der Waals surface area contributed by atoms with Crippen molar-refractivity contribution in [2.24, 2.45) is 0 Å². The predicted octanol–water partition coefficient (Wildman–Crippen LogP) is 2.29. The smallest absolute Gasteiger partial charge is 0.00218 e. The van der Waals surface area contributed by atoms with E-state index in [-0.39, 0.29) is 0 Å². The van der Waals surface area contributed by atoms with Crippen molar-refractivity contribution in [1.82, 2.24) is 4.90 Å². The number of rotatable bonds is 4. The third-order valence-electron chi connectivity index (χ3n) is 1.67. The van der Waals surface area contributed by atoms with Crippen LogP contribution in [0.15, 0.2) is 11.6 Å². The lowest BCUT2D eigenvalue weighted by Gasteiger charge is -2.08. The monoisotopic (exact) mass is 141 g/mol. The Hall–Kier alpha value is -0.300. The van der Waals surface area contributed by atoms with E-state index in [9.17, 15) is 0 Å². The molecule has 0 saturated heterocycles. The molecule has 0 spiro atoms. The molecule has 0 rings (SSSR count). The van der Waals surface area contributed by atoms with Gasteiger partial charge in [0.05, 0.1) is 0 Å². The summed E-state index contributed by atoms with van der Waals surface area (Å²) in [6, 6.07) is 0. The summed E-state index contributed by atoms with van der Waals surface area (Å²) in [7, 11) is 4.23. The molecule has 10 heavy (non-hydrogen) atoms. The first-order chi connectivity index (χ1) is 4.66. The van der Waals surface area contributed by atoms with Crippen molar-refractivity contribution in [3.63, 3.8) is 0 Å². The maximum atomic E-state index is 2.23. The van der Waals surface area contributed by atoms with Crippen LogP contribution in [-0.4, -0.2) is 25.5 Å². The Balaban J connectivity index is 3.20. The van der Waals surface area contributed by atoms with E-state index in [2.05, 4.69) is 38.9 Å². The fourth-order valence-electron chi connectivity index (χ4n) is 0.818. The standard InChI is InChI=1S/C9H19N/c1-5-9(2)7-6-8-10(3)4/h5H,6-8H2,1-4H3. The molecule has 0 aromatic carbocycles. The Morgan fingerprint density at radius 2 is 2.00 bits per heavy atom. The van der Waals surface area contributed by atoms with E-state index >= 15 is 0 Å². The maximum absolute atomic E-state index is 2.23. The summed E-state index contributed by atoms with van der Waals surface area (Å²) >= 11 is 0. The molecular weight excluding hydrogens is 122 g/mol. The zero-order valence-electron chi connectivity index (χ0n) is 7.65. The van der Waals surface area contributed by atoms with Crippen molar-refractivity contribution in [2.75, 3.05) is 20.6 Å². The Labute approximate surface area is 64.7 Å². The second-order valence-corrected chi connectivity index (χ2v) is 3.04. The third kappa shape index (κ3) is 5.83. The van der Waals surface area contributed by atoms with Crippen LogP contribution < -0.4 is 0 Å². The van der Waals surface area contributed by atoms with Gasteiger partial charge in [0.25, 0.3) is 0 Å². The fourth-order valence-corrected chi connectivity index (χ4v) is 0.818. The average molecular weight is 141 g/mol. The van der Waals surface area contributed by atoms with E-state index in [1.54, 1.807) is 0 Å². The molecule has 0 atom stereocenters. The van der Waals surface area contributed by atoms with Crippen molar-refractivity contribution in [2.45, 2.75) is 26.7 Å². The topological polar surface area (TPSA) is 3.24 Å². The fraction of sp³-hybridized carbons (Fsp3) is 0.778. The lowest BCUT2D eigenvalue weighted by Crippen LogP contribution is -2.12. The first-order valence-electron chi connectivity index (χ1n) is 3.93. The molecule has 0 heterocycles. The Bertz CT molecular complexity index is 103. The van der Waals surface area contributed by atoms with E-state index in [0.717, 1.165) is 0 Å². The Kier molecular flexibility index (Phi) is 5.32. The van der Waals surface area contributed by atoms with Crippen LogP contribution in [0.2, 0.25) is 0 Å². The van der Waals surface area contributed by atoms with Crippen LogP contribution in [0, 0.1) is 0 Å². The molecule has 0 unspecified atom stereocenters. The first kappa shape index (κ1) is 9.70. The van der Waals surface area contributed by atoms with Gasteiger partial charge in [-0.1, -0.05) is 11.6 Å². The van der Waals surface area contributed by atoms with Crippen LogP contribution in [0.5, 0.6) is 0 Å². The lowest BCUT2D eigenvalue weighted by atomic mass is 10.1. The molecule has 60 valence electrons. The minimum atomic E-state index is 1.20. The van der Waals surface area contributed by atoms with E-state index in [4.69, 9.17) is 0 Å². The van der Waals surface area contributed by atoms with Gasteiger partial charge in [0.2, 0.25) is 0 Å². The number of hydrogen-bond donors (Lipinski definition) is 0. The van der Waals surface area contributed by atoms with Crippen LogP contribution >= 0.6 is 0 Å². The van der Waals surface area contributed by atoms with Crippen LogP contribution in [0.25, 0.3) is 0 Å². The van der Waals surface area contributed by atoms with Crippen molar-refractivity contribution in [1.29, 1.82) is 0 Å². The zero-order valence-corrected chi connectivity index (χ0v) is 7.65. The van der Waals surface area contributed by atoms with Gasteiger partial charge in [-0.05, 0) is 47.3 Å². The van der Waals surface area contributed by atoms with Crippen molar-refractivity contribution < 1.29 is 0 Å². The molecule has 1 heteroatoms. The van der Waals surface area contributed by atoms with Crippen LogP contribution in [0.3, 0.4) is 0 Å². The summed E-state index contributed by atoms with van der Waals surface area (Å²) in [6.45, 7) is 5.49. The summed E-state index contributed by atoms with van der Waals surface area (Å²) in [4.78, 5) is 2.23. The molecule has 0 radical (unpaired) electrons. The molecule has 0 aliphatic heterocycles. The number of allylic oxidation sites excluding steroid dienone is 2. The Morgan fingerprint density at radius 1 is 1.40 bits per heavy atom. The number of nitrogens with zero attached hydrogens (tertiary/aromatic N) is 1. The summed E-state index contributed by atoms with van der Waals surface area (Å²) < 4.78 is 0. The van der Waals surface area contributed by atoms with E-state index < -0.39 is 0 Å². The summed E-state index contributed by atoms with van der Waals surface area (Å²) in [5, 5.41) is 0. The molecule has 0 aliphatic carbocycles. The van der Waals surface area contributed by atoms with Crippen LogP contribution in [-0.2, 0) is 0 Å². The highest BCUT2D eigenvalue weighted by molar-refractivity contribution is 4.94. The highest BCUT2D eigenvalue weighted by Gasteiger charge is 1.90. The lowest BCUT2D eigenvalue weighted by molar-refractivity contribution is 0.400. The molecule has 0 N–H and O–H groups in total. The molecular formula is C9H19N. The summed E-state index contributed by atoms with van der Waals surface area (Å²) in [5.74, 6) is 0. The predicted molar refractivity (Wildman–Crippen MR) is 47.2 cm³/mol. The molecule has 1 nitrogen and oxygen atoms in total. The van der Waals surface area contributed by atoms with Crippen LogP contribution in [0.1, 0.15) is 26.7 Å². The SMILES string of the molecule is CC=C(C)CCCN(C)C. The largest absolute Gasteiger partial charge is 0.309 e. The minimum absolute atomic E-state index is 1.20. The van der Waals surface area contributed by atoms with Gasteiger partial charge in [0.15, 0.2) is 0 Å². The zero-order chi connectivity index (χ0) is 7.98. The highest BCUT2D eigenvalue weighted by Crippen LogP contribution is 2.02. The number of hydrogen-bond acceptors (Lipinski definition) is 1. The molecule has 0 fully saturated rings. The van der Waals surface area contributed by atoms with Crippen molar-refractivity contribution >= 4 is 0 Å². The second kappa shape index (κ2) is 5.48. The van der Waals surface area contributed by atoms with Gasteiger partial charge in [0.1, 0.15) is 0 Å². The maximum Gasteiger partial charge on any atom is -0.00218 e. The molecule has 0 saturated carbocycles. The molecule has 0 aromatic rings. The van der Waals surface area contributed by atoms with Crippen molar-refractivity contribution in [3.05, 3.63) is 11.6 Å². The van der Waals surface area contributed by atoms with Gasteiger partial charge in [-0.3, -0.25) is 0 Å². The highest BCUT2D eigenvalue weighted by atomic mass is 15.0. The summed E-state index contributed by atoms with van der Waals surface area (Å²) in [6.07, 6.45) is 4.72.